The van der Waals surface area contributed by atoms with E-state index in [1.54, 1.807) is 13.0 Å². The molecule has 6 nitrogen and oxygen atoms in total. The fourth-order valence-corrected chi connectivity index (χ4v) is 3.56. The van der Waals surface area contributed by atoms with Crippen LogP contribution in [0.1, 0.15) is 11.3 Å². The number of pyridine rings is 1. The average Bonchev–Trinajstić information content (AvgIpc) is 2.99. The molecule has 1 N–H and O–H groups in total. The summed E-state index contributed by atoms with van der Waals surface area (Å²) >= 11 is 13.3. The Balaban J connectivity index is 1.68. The molecule has 2 aromatic heterocycles. The van der Waals surface area contributed by atoms with Crippen molar-refractivity contribution in [2.24, 2.45) is 7.05 Å². The molecule has 0 fully saturated rings. The molecule has 9 heteroatoms. The van der Waals surface area contributed by atoms with Gasteiger partial charge in [-0.15, -0.1) is 10.2 Å². The summed E-state index contributed by atoms with van der Waals surface area (Å²) in [7, 11) is 1.88. The number of anilines is 1. The number of benzene rings is 1. The molecular formula is C18H17Cl2N5OS. The van der Waals surface area contributed by atoms with Gasteiger partial charge in [0.15, 0.2) is 16.8 Å². The molecule has 2 heterocycles. The third-order valence-corrected chi connectivity index (χ3v) is 5.61. The Kier molecular flexibility index (Phi) is 6.04. The summed E-state index contributed by atoms with van der Waals surface area (Å²) < 4.78 is 1.87. The summed E-state index contributed by atoms with van der Waals surface area (Å²) in [5.74, 6) is 0.965. The molecule has 0 bridgehead atoms. The number of nitrogens with one attached hydrogen (secondary N) is 1. The smallest absolute Gasteiger partial charge is 0.236 e. The summed E-state index contributed by atoms with van der Waals surface area (Å²) in [4.78, 5) is 16.5. The summed E-state index contributed by atoms with van der Waals surface area (Å²) in [6.45, 7) is 3.77. The number of rotatable bonds is 5. The SMILES string of the molecule is Cc1ccccc1-c1nnc(SCC(=O)Nc2nc(C)c(Cl)cc2Cl)n1C. The van der Waals surface area contributed by atoms with Gasteiger partial charge >= 0.3 is 0 Å². The fraction of sp³-hybridized carbons (Fsp3) is 0.222. The van der Waals surface area contributed by atoms with Gasteiger partial charge in [0.25, 0.3) is 0 Å². The van der Waals surface area contributed by atoms with Crippen molar-refractivity contribution in [2.75, 3.05) is 11.1 Å². The Bertz CT molecular complexity index is 1010. The lowest BCUT2D eigenvalue weighted by molar-refractivity contribution is -0.113. The highest BCUT2D eigenvalue weighted by Crippen LogP contribution is 2.27. The van der Waals surface area contributed by atoms with Crippen LogP contribution in [-0.2, 0) is 11.8 Å². The molecule has 0 atom stereocenters. The van der Waals surface area contributed by atoms with Crippen LogP contribution in [0, 0.1) is 13.8 Å². The van der Waals surface area contributed by atoms with E-state index in [0.29, 0.717) is 26.7 Å². The lowest BCUT2D eigenvalue weighted by Crippen LogP contribution is -2.16. The molecule has 3 aromatic rings. The van der Waals surface area contributed by atoms with E-state index < -0.39 is 0 Å². The van der Waals surface area contributed by atoms with Crippen LogP contribution in [0.25, 0.3) is 11.4 Å². The molecule has 0 radical (unpaired) electrons. The quantitative estimate of drug-likeness (QED) is 0.612. The van der Waals surface area contributed by atoms with E-state index in [1.807, 2.05) is 42.8 Å². The van der Waals surface area contributed by atoms with Crippen molar-refractivity contribution in [1.82, 2.24) is 19.7 Å². The lowest BCUT2D eigenvalue weighted by Gasteiger charge is -2.08. The maximum Gasteiger partial charge on any atom is 0.236 e. The van der Waals surface area contributed by atoms with E-state index in [-0.39, 0.29) is 11.7 Å². The minimum Gasteiger partial charge on any atom is -0.309 e. The highest BCUT2D eigenvalue weighted by Gasteiger charge is 2.15. The van der Waals surface area contributed by atoms with Gasteiger partial charge in [-0.3, -0.25) is 4.79 Å². The summed E-state index contributed by atoms with van der Waals surface area (Å²) in [5.41, 5.74) is 2.72. The van der Waals surface area contributed by atoms with E-state index >= 15 is 0 Å². The first kappa shape index (κ1) is 19.7. The fourth-order valence-electron chi connectivity index (χ4n) is 2.44. The summed E-state index contributed by atoms with van der Waals surface area (Å²) in [6, 6.07) is 9.52. The maximum absolute atomic E-state index is 12.3. The third kappa shape index (κ3) is 4.43. The van der Waals surface area contributed by atoms with Gasteiger partial charge in [0.2, 0.25) is 5.91 Å². The number of aryl methyl sites for hydroxylation is 2. The second-order valence-corrected chi connectivity index (χ2v) is 7.66. The first-order valence-electron chi connectivity index (χ1n) is 8.07. The Morgan fingerprint density at radius 1 is 1.19 bits per heavy atom. The second kappa shape index (κ2) is 8.29. The van der Waals surface area contributed by atoms with Crippen LogP contribution in [0.4, 0.5) is 5.82 Å². The van der Waals surface area contributed by atoms with E-state index in [9.17, 15) is 4.79 Å². The zero-order chi connectivity index (χ0) is 19.6. The highest BCUT2D eigenvalue weighted by atomic mass is 35.5. The van der Waals surface area contributed by atoms with Crippen molar-refractivity contribution in [3.05, 3.63) is 51.6 Å². The maximum atomic E-state index is 12.3. The Hall–Kier alpha value is -2.09. The largest absolute Gasteiger partial charge is 0.309 e. The van der Waals surface area contributed by atoms with Gasteiger partial charge in [-0.05, 0) is 25.5 Å². The van der Waals surface area contributed by atoms with Gasteiger partial charge in [0.05, 0.1) is 21.5 Å². The van der Waals surface area contributed by atoms with Gasteiger partial charge in [0.1, 0.15) is 0 Å². The van der Waals surface area contributed by atoms with Gasteiger partial charge in [-0.25, -0.2) is 4.98 Å². The van der Waals surface area contributed by atoms with E-state index in [1.165, 1.54) is 11.8 Å². The standard InChI is InChI=1S/C18H17Cl2N5OS/c1-10-6-4-5-7-12(10)17-23-24-18(25(17)3)27-9-15(26)22-16-14(20)8-13(19)11(2)21-16/h4-8H,9H2,1-3H3,(H,21,22,26). The van der Waals surface area contributed by atoms with Crippen molar-refractivity contribution in [3.8, 4) is 11.4 Å². The van der Waals surface area contributed by atoms with Crippen LogP contribution in [0.5, 0.6) is 0 Å². The first-order chi connectivity index (χ1) is 12.9. The van der Waals surface area contributed by atoms with Crippen LogP contribution in [0.15, 0.2) is 35.5 Å². The third-order valence-electron chi connectivity index (χ3n) is 3.92. The first-order valence-corrected chi connectivity index (χ1v) is 9.81. The molecule has 27 heavy (non-hydrogen) atoms. The molecule has 0 aliphatic rings. The number of thioether (sulfide) groups is 1. The second-order valence-electron chi connectivity index (χ2n) is 5.90. The summed E-state index contributed by atoms with van der Waals surface area (Å²) in [5, 5.41) is 12.5. The minimum absolute atomic E-state index is 0.152. The Morgan fingerprint density at radius 3 is 2.67 bits per heavy atom. The summed E-state index contributed by atoms with van der Waals surface area (Å²) in [6.07, 6.45) is 0. The van der Waals surface area contributed by atoms with Crippen molar-refractivity contribution in [2.45, 2.75) is 19.0 Å². The number of halogens is 2. The van der Waals surface area contributed by atoms with E-state index in [2.05, 4.69) is 20.5 Å². The highest BCUT2D eigenvalue weighted by molar-refractivity contribution is 7.99. The van der Waals surface area contributed by atoms with E-state index in [4.69, 9.17) is 23.2 Å². The number of amides is 1. The zero-order valence-electron chi connectivity index (χ0n) is 15.0. The molecule has 140 valence electrons. The number of hydrogen-bond acceptors (Lipinski definition) is 5. The predicted octanol–water partition coefficient (Wildman–Crippen LogP) is 4.53. The predicted molar refractivity (Wildman–Crippen MR) is 110 cm³/mol. The molecule has 0 aliphatic carbocycles. The normalized spacial score (nSPS) is 10.9. The monoisotopic (exact) mass is 421 g/mol. The van der Waals surface area contributed by atoms with Crippen LogP contribution >= 0.6 is 35.0 Å². The molecule has 0 aliphatic heterocycles. The Labute approximate surface area is 171 Å². The minimum atomic E-state index is -0.239. The molecule has 1 amide bonds. The number of hydrogen-bond donors (Lipinski definition) is 1. The van der Waals surface area contributed by atoms with Gasteiger partial charge in [0, 0.05) is 12.6 Å². The molecule has 1 aromatic carbocycles. The van der Waals surface area contributed by atoms with Crippen molar-refractivity contribution in [3.63, 3.8) is 0 Å². The van der Waals surface area contributed by atoms with Crippen LogP contribution in [0.2, 0.25) is 10.0 Å². The average molecular weight is 422 g/mol. The zero-order valence-corrected chi connectivity index (χ0v) is 17.3. The Morgan fingerprint density at radius 2 is 1.93 bits per heavy atom. The van der Waals surface area contributed by atoms with Crippen LogP contribution in [0.3, 0.4) is 0 Å². The van der Waals surface area contributed by atoms with Crippen molar-refractivity contribution >= 4 is 46.7 Å². The van der Waals surface area contributed by atoms with Gasteiger partial charge in [-0.2, -0.15) is 0 Å². The molecule has 0 spiro atoms. The van der Waals surface area contributed by atoms with Gasteiger partial charge in [-0.1, -0.05) is 59.2 Å². The van der Waals surface area contributed by atoms with Crippen LogP contribution in [-0.4, -0.2) is 31.4 Å². The number of carbonyl (C=O) groups is 1. The molecule has 0 saturated carbocycles. The van der Waals surface area contributed by atoms with Crippen LogP contribution < -0.4 is 5.32 Å². The molecule has 0 unspecified atom stereocenters. The molecule has 3 rings (SSSR count). The topological polar surface area (TPSA) is 72.7 Å². The number of aromatic nitrogens is 4. The molecular weight excluding hydrogens is 405 g/mol. The number of carbonyl (C=O) groups excluding carboxylic acids is 1. The van der Waals surface area contributed by atoms with Crippen molar-refractivity contribution < 1.29 is 4.79 Å². The number of nitrogens with zero attached hydrogens (tertiary/aromatic N) is 4. The van der Waals surface area contributed by atoms with Crippen molar-refractivity contribution in [1.29, 1.82) is 0 Å². The lowest BCUT2D eigenvalue weighted by atomic mass is 10.1. The van der Waals surface area contributed by atoms with E-state index in [0.717, 1.165) is 17.0 Å². The van der Waals surface area contributed by atoms with Gasteiger partial charge < -0.3 is 9.88 Å². The molecule has 0 saturated heterocycles.